The molecule has 0 aliphatic heterocycles. The SMILES string of the molecule is NC(=O)C=CCCCCCCCCCCCCCCCCCCCCCCCCCCCCCCCCCCCCCCCCC=CC(N)=O. The van der Waals surface area contributed by atoms with Crippen LogP contribution in [0.2, 0.25) is 0 Å². The van der Waals surface area contributed by atoms with Crippen LogP contribution in [0.25, 0.3) is 0 Å². The molecule has 0 bridgehead atoms. The zero-order chi connectivity index (χ0) is 36.3. The lowest BCUT2D eigenvalue weighted by Crippen LogP contribution is -2.05. The van der Waals surface area contributed by atoms with Gasteiger partial charge in [-0.1, -0.05) is 243 Å². The second-order valence-corrected chi connectivity index (χ2v) is 15.6. The Hall–Kier alpha value is -1.58. The second-order valence-electron chi connectivity index (χ2n) is 15.6. The maximum atomic E-state index is 10.6. The van der Waals surface area contributed by atoms with Crippen LogP contribution in [0, 0.1) is 0 Å². The van der Waals surface area contributed by atoms with E-state index in [1.807, 2.05) is 12.2 Å². The maximum absolute atomic E-state index is 10.6. The molecule has 0 heterocycles. The smallest absolute Gasteiger partial charge is 0.241 e. The Morgan fingerprint density at radius 2 is 0.360 bits per heavy atom. The third kappa shape index (κ3) is 46.4. The van der Waals surface area contributed by atoms with Crippen LogP contribution in [0.3, 0.4) is 0 Å². The Labute approximate surface area is 313 Å². The van der Waals surface area contributed by atoms with Crippen LogP contribution in [0.1, 0.15) is 257 Å². The quantitative estimate of drug-likeness (QED) is 0.0490. The molecule has 0 saturated heterocycles. The lowest BCUT2D eigenvalue weighted by molar-refractivity contribution is -0.114. The third-order valence-corrected chi connectivity index (χ3v) is 10.6. The first-order chi connectivity index (χ1) is 24.6. The summed E-state index contributed by atoms with van der Waals surface area (Å²) in [5.74, 6) is -0.661. The van der Waals surface area contributed by atoms with E-state index in [0.29, 0.717) is 0 Å². The molecule has 294 valence electrons. The molecule has 0 radical (unpaired) electrons. The Bertz CT molecular complexity index is 684. The molecule has 0 fully saturated rings. The van der Waals surface area contributed by atoms with E-state index in [9.17, 15) is 9.59 Å². The zero-order valence-electron chi connectivity index (χ0n) is 33.6. The molecule has 4 nitrogen and oxygen atoms in total. The van der Waals surface area contributed by atoms with Gasteiger partial charge in [0.2, 0.25) is 11.8 Å². The van der Waals surface area contributed by atoms with Crippen molar-refractivity contribution in [3.63, 3.8) is 0 Å². The molecule has 0 aromatic carbocycles. The molecule has 0 aliphatic rings. The van der Waals surface area contributed by atoms with Gasteiger partial charge in [0.05, 0.1) is 0 Å². The lowest BCUT2D eigenvalue weighted by atomic mass is 10.0. The summed E-state index contributed by atoms with van der Waals surface area (Å²) in [6, 6.07) is 0. The minimum Gasteiger partial charge on any atom is -0.366 e. The lowest BCUT2D eigenvalue weighted by Gasteiger charge is -2.05. The number of carbonyl (C=O) groups is 2. The van der Waals surface area contributed by atoms with Gasteiger partial charge in [0.25, 0.3) is 0 Å². The van der Waals surface area contributed by atoms with E-state index in [4.69, 9.17) is 11.5 Å². The number of unbranched alkanes of at least 4 members (excludes halogenated alkanes) is 39. The van der Waals surface area contributed by atoms with Crippen molar-refractivity contribution >= 4 is 11.8 Å². The van der Waals surface area contributed by atoms with Crippen molar-refractivity contribution in [1.29, 1.82) is 0 Å². The number of nitrogens with two attached hydrogens (primary N) is 2. The first kappa shape index (κ1) is 48.4. The van der Waals surface area contributed by atoms with Crippen molar-refractivity contribution < 1.29 is 9.59 Å². The highest BCUT2D eigenvalue weighted by Gasteiger charge is 1.98. The predicted octanol–water partition coefficient (Wildman–Crippen LogP) is 14.7. The number of rotatable bonds is 43. The first-order valence-corrected chi connectivity index (χ1v) is 22.5. The average Bonchev–Trinajstić information content (AvgIpc) is 3.10. The Kier molecular flexibility index (Phi) is 42.2. The highest BCUT2D eigenvalue weighted by Crippen LogP contribution is 2.18. The minimum absolute atomic E-state index is 0.331. The highest BCUT2D eigenvalue weighted by atomic mass is 16.1. The van der Waals surface area contributed by atoms with E-state index in [0.717, 1.165) is 12.8 Å². The molecular weight excluding hydrogens is 613 g/mol. The van der Waals surface area contributed by atoms with Crippen LogP contribution < -0.4 is 11.5 Å². The van der Waals surface area contributed by atoms with E-state index < -0.39 is 0 Å². The average molecular weight is 701 g/mol. The maximum Gasteiger partial charge on any atom is 0.241 e. The van der Waals surface area contributed by atoms with Gasteiger partial charge in [0.1, 0.15) is 0 Å². The van der Waals surface area contributed by atoms with Gasteiger partial charge in [0, 0.05) is 0 Å². The normalized spacial score (nSPS) is 11.8. The molecule has 0 saturated carbocycles. The summed E-state index contributed by atoms with van der Waals surface area (Å²) in [5.41, 5.74) is 10.2. The van der Waals surface area contributed by atoms with E-state index in [1.54, 1.807) is 0 Å². The highest BCUT2D eigenvalue weighted by molar-refractivity contribution is 5.85. The van der Waals surface area contributed by atoms with Crippen molar-refractivity contribution in [2.45, 2.75) is 257 Å². The van der Waals surface area contributed by atoms with Gasteiger partial charge in [-0.05, 0) is 37.8 Å². The summed E-state index contributed by atoms with van der Waals surface area (Å²) in [6.07, 6.45) is 62.5. The van der Waals surface area contributed by atoms with Crippen molar-refractivity contribution in [3.05, 3.63) is 24.3 Å². The van der Waals surface area contributed by atoms with Gasteiger partial charge < -0.3 is 11.5 Å². The van der Waals surface area contributed by atoms with Crippen LogP contribution in [-0.4, -0.2) is 11.8 Å². The van der Waals surface area contributed by atoms with Gasteiger partial charge in [-0.3, -0.25) is 9.59 Å². The van der Waals surface area contributed by atoms with Gasteiger partial charge in [-0.25, -0.2) is 0 Å². The zero-order valence-corrected chi connectivity index (χ0v) is 33.6. The van der Waals surface area contributed by atoms with Crippen molar-refractivity contribution in [2.24, 2.45) is 11.5 Å². The van der Waals surface area contributed by atoms with E-state index >= 15 is 0 Å². The Morgan fingerprint density at radius 3 is 0.480 bits per heavy atom. The minimum atomic E-state index is -0.331. The fourth-order valence-corrected chi connectivity index (χ4v) is 7.29. The summed E-state index contributed by atoms with van der Waals surface area (Å²) in [6.45, 7) is 0. The molecule has 50 heavy (non-hydrogen) atoms. The summed E-state index contributed by atoms with van der Waals surface area (Å²) >= 11 is 0. The third-order valence-electron chi connectivity index (χ3n) is 10.6. The van der Waals surface area contributed by atoms with Crippen LogP contribution in [0.5, 0.6) is 0 Å². The molecule has 0 atom stereocenters. The number of carbonyl (C=O) groups excluding carboxylic acids is 2. The molecule has 0 spiro atoms. The van der Waals surface area contributed by atoms with E-state index in [2.05, 4.69) is 0 Å². The van der Waals surface area contributed by atoms with Gasteiger partial charge in [0.15, 0.2) is 0 Å². The molecule has 4 N–H and O–H groups in total. The number of primary amides is 2. The Balaban J connectivity index is 3.08. The number of hydrogen-bond donors (Lipinski definition) is 2. The second kappa shape index (κ2) is 43.6. The van der Waals surface area contributed by atoms with Crippen molar-refractivity contribution in [1.82, 2.24) is 0 Å². The molecule has 0 aromatic rings. The number of hydrogen-bond acceptors (Lipinski definition) is 2. The first-order valence-electron chi connectivity index (χ1n) is 22.5. The fourth-order valence-electron chi connectivity index (χ4n) is 7.29. The molecule has 0 aromatic heterocycles. The topological polar surface area (TPSA) is 86.2 Å². The molecule has 0 unspecified atom stereocenters. The summed E-state index contributed by atoms with van der Waals surface area (Å²) in [7, 11) is 0. The number of allylic oxidation sites excluding steroid dienone is 2. The monoisotopic (exact) mass is 701 g/mol. The van der Waals surface area contributed by atoms with E-state index in [1.165, 1.54) is 256 Å². The molecule has 4 heteroatoms. The van der Waals surface area contributed by atoms with Crippen molar-refractivity contribution in [2.75, 3.05) is 0 Å². The van der Waals surface area contributed by atoms with Crippen LogP contribution in [-0.2, 0) is 9.59 Å². The summed E-state index contributed by atoms with van der Waals surface area (Å²) < 4.78 is 0. The predicted molar refractivity (Wildman–Crippen MR) is 221 cm³/mol. The van der Waals surface area contributed by atoms with Crippen LogP contribution in [0.15, 0.2) is 24.3 Å². The van der Waals surface area contributed by atoms with Gasteiger partial charge in [-0.15, -0.1) is 0 Å². The molecule has 0 aliphatic carbocycles. The number of amides is 2. The van der Waals surface area contributed by atoms with E-state index in [-0.39, 0.29) is 11.8 Å². The van der Waals surface area contributed by atoms with Gasteiger partial charge >= 0.3 is 0 Å². The molecular formula is C46H88N2O2. The summed E-state index contributed by atoms with van der Waals surface area (Å²) in [5, 5.41) is 0. The van der Waals surface area contributed by atoms with Gasteiger partial charge in [-0.2, -0.15) is 0 Å². The molecule has 0 rings (SSSR count). The largest absolute Gasteiger partial charge is 0.366 e. The van der Waals surface area contributed by atoms with Crippen LogP contribution >= 0.6 is 0 Å². The fraction of sp³-hybridized carbons (Fsp3) is 0.870. The van der Waals surface area contributed by atoms with Crippen molar-refractivity contribution in [3.8, 4) is 0 Å². The van der Waals surface area contributed by atoms with Crippen LogP contribution in [0.4, 0.5) is 0 Å². The standard InChI is InChI=1S/C46H88N2O2/c47-45(49)43-41-39-37-35-33-31-29-27-25-23-21-19-17-15-13-11-9-7-5-3-1-2-4-6-8-10-12-14-16-18-20-22-24-26-28-30-32-34-36-38-40-42-44-46(48)50/h41-44H,1-40H2,(H2,47,49)(H2,48,50). The summed E-state index contributed by atoms with van der Waals surface area (Å²) in [4.78, 5) is 21.3. The Morgan fingerprint density at radius 1 is 0.240 bits per heavy atom. The molecule has 2 amide bonds.